The molecule has 0 aliphatic carbocycles. The highest BCUT2D eigenvalue weighted by molar-refractivity contribution is 7.89. The Hall–Kier alpha value is -2.18. The van der Waals surface area contributed by atoms with Crippen LogP contribution in [-0.4, -0.2) is 49.7 Å². The van der Waals surface area contributed by atoms with Crippen molar-refractivity contribution >= 4 is 15.9 Å². The number of amides is 1. The molecule has 0 aromatic heterocycles. The van der Waals surface area contributed by atoms with Gasteiger partial charge >= 0.3 is 0 Å². The fourth-order valence-corrected chi connectivity index (χ4v) is 5.01. The monoisotopic (exact) mass is 400 g/mol. The van der Waals surface area contributed by atoms with Gasteiger partial charge in [0.1, 0.15) is 0 Å². The fourth-order valence-electron chi connectivity index (χ4n) is 3.59. The molecule has 1 fully saturated rings. The predicted octanol–water partition coefficient (Wildman–Crippen LogP) is 3.57. The van der Waals surface area contributed by atoms with Crippen molar-refractivity contribution in [3.05, 3.63) is 64.7 Å². The molecule has 0 unspecified atom stereocenters. The van der Waals surface area contributed by atoms with Crippen molar-refractivity contribution in [2.75, 3.05) is 26.2 Å². The Morgan fingerprint density at radius 2 is 1.43 bits per heavy atom. The predicted molar refractivity (Wildman–Crippen MR) is 111 cm³/mol. The molecule has 0 saturated carbocycles. The second kappa shape index (κ2) is 8.05. The molecular formula is C22H28N2O3S. The molecular weight excluding hydrogens is 372 g/mol. The van der Waals surface area contributed by atoms with Gasteiger partial charge in [0.15, 0.2) is 0 Å². The SMILES string of the molecule is Cc1cc(C)cc(C(=O)N2CCN(S(=O)(=O)c3ccc(C(C)C)cc3)CC2)c1. The lowest BCUT2D eigenvalue weighted by Gasteiger charge is -2.34. The molecule has 0 atom stereocenters. The van der Waals surface area contributed by atoms with Gasteiger partial charge in [-0.3, -0.25) is 4.79 Å². The lowest BCUT2D eigenvalue weighted by molar-refractivity contribution is 0.0697. The zero-order chi connectivity index (χ0) is 20.5. The van der Waals surface area contributed by atoms with Crippen molar-refractivity contribution < 1.29 is 13.2 Å². The van der Waals surface area contributed by atoms with Gasteiger partial charge in [-0.15, -0.1) is 0 Å². The average Bonchev–Trinajstić information content (AvgIpc) is 2.67. The van der Waals surface area contributed by atoms with Crippen molar-refractivity contribution in [3.63, 3.8) is 0 Å². The molecule has 0 bridgehead atoms. The summed E-state index contributed by atoms with van der Waals surface area (Å²) < 4.78 is 27.3. The average molecular weight is 401 g/mol. The standard InChI is InChI=1S/C22H28N2O3S/c1-16(2)19-5-7-21(8-6-19)28(26,27)24-11-9-23(10-12-24)22(25)20-14-17(3)13-18(4)15-20/h5-8,13-16H,9-12H2,1-4H3. The van der Waals surface area contributed by atoms with Crippen LogP contribution in [0.3, 0.4) is 0 Å². The molecule has 1 aliphatic rings. The number of benzene rings is 2. The van der Waals surface area contributed by atoms with Gasteiger partial charge in [0.2, 0.25) is 10.0 Å². The molecule has 6 heteroatoms. The number of hydrogen-bond donors (Lipinski definition) is 0. The van der Waals surface area contributed by atoms with Gasteiger partial charge in [0.05, 0.1) is 4.90 Å². The fraction of sp³-hybridized carbons (Fsp3) is 0.409. The van der Waals surface area contributed by atoms with Crippen molar-refractivity contribution in [3.8, 4) is 0 Å². The third kappa shape index (κ3) is 4.28. The minimum Gasteiger partial charge on any atom is -0.336 e. The molecule has 1 aliphatic heterocycles. The number of nitrogens with zero attached hydrogens (tertiary/aromatic N) is 2. The Labute approximate surface area is 168 Å². The summed E-state index contributed by atoms with van der Waals surface area (Å²) in [6.07, 6.45) is 0. The molecule has 2 aromatic rings. The van der Waals surface area contributed by atoms with Crippen LogP contribution < -0.4 is 0 Å². The first-order valence-corrected chi connectivity index (χ1v) is 11.1. The number of carbonyl (C=O) groups is 1. The van der Waals surface area contributed by atoms with Gasteiger partial charge in [-0.2, -0.15) is 4.31 Å². The molecule has 1 saturated heterocycles. The Bertz CT molecular complexity index is 938. The maximum atomic E-state index is 12.9. The van der Waals surface area contributed by atoms with E-state index in [-0.39, 0.29) is 5.91 Å². The van der Waals surface area contributed by atoms with E-state index >= 15 is 0 Å². The highest BCUT2D eigenvalue weighted by Gasteiger charge is 2.30. The van der Waals surface area contributed by atoms with Crippen LogP contribution in [0.2, 0.25) is 0 Å². The van der Waals surface area contributed by atoms with Crippen molar-refractivity contribution in [1.82, 2.24) is 9.21 Å². The van der Waals surface area contributed by atoms with Crippen molar-refractivity contribution in [1.29, 1.82) is 0 Å². The van der Waals surface area contributed by atoms with E-state index in [1.807, 2.05) is 44.2 Å². The smallest absolute Gasteiger partial charge is 0.253 e. The Kier molecular flexibility index (Phi) is 5.91. The van der Waals surface area contributed by atoms with Gasteiger partial charge in [-0.05, 0) is 49.6 Å². The number of hydrogen-bond acceptors (Lipinski definition) is 3. The number of sulfonamides is 1. The van der Waals surface area contributed by atoms with Gasteiger partial charge in [0.25, 0.3) is 5.91 Å². The van der Waals surface area contributed by atoms with E-state index in [4.69, 9.17) is 0 Å². The van der Waals surface area contributed by atoms with Gasteiger partial charge in [0, 0.05) is 31.7 Å². The molecule has 150 valence electrons. The maximum absolute atomic E-state index is 12.9. The van der Waals surface area contributed by atoms with E-state index in [0.29, 0.717) is 42.6 Å². The second-order valence-electron chi connectivity index (χ2n) is 7.80. The molecule has 0 N–H and O–H groups in total. The first-order chi connectivity index (χ1) is 13.2. The summed E-state index contributed by atoms with van der Waals surface area (Å²) in [7, 11) is -3.54. The summed E-state index contributed by atoms with van der Waals surface area (Å²) in [5.41, 5.74) is 3.88. The summed E-state index contributed by atoms with van der Waals surface area (Å²) >= 11 is 0. The van der Waals surface area contributed by atoms with E-state index in [9.17, 15) is 13.2 Å². The lowest BCUT2D eigenvalue weighted by Crippen LogP contribution is -2.50. The Morgan fingerprint density at radius 1 is 0.893 bits per heavy atom. The van der Waals surface area contributed by atoms with E-state index < -0.39 is 10.0 Å². The van der Waals surface area contributed by atoms with Crippen LogP contribution in [0, 0.1) is 13.8 Å². The van der Waals surface area contributed by atoms with Crippen molar-refractivity contribution in [2.24, 2.45) is 0 Å². The third-order valence-electron chi connectivity index (χ3n) is 5.18. The van der Waals surface area contributed by atoms with Gasteiger partial charge in [-0.1, -0.05) is 43.2 Å². The first kappa shape index (κ1) is 20.6. The Balaban J connectivity index is 1.69. The second-order valence-corrected chi connectivity index (χ2v) is 9.73. The zero-order valence-corrected chi connectivity index (χ0v) is 17.8. The van der Waals surface area contributed by atoms with E-state index in [1.54, 1.807) is 17.0 Å². The summed E-state index contributed by atoms with van der Waals surface area (Å²) in [6, 6.07) is 12.9. The van der Waals surface area contributed by atoms with Crippen LogP contribution in [0.15, 0.2) is 47.4 Å². The quantitative estimate of drug-likeness (QED) is 0.788. The first-order valence-electron chi connectivity index (χ1n) is 9.66. The maximum Gasteiger partial charge on any atom is 0.253 e. The molecule has 3 rings (SSSR count). The minimum absolute atomic E-state index is 0.0369. The topological polar surface area (TPSA) is 57.7 Å². The normalized spacial score (nSPS) is 15.8. The summed E-state index contributed by atoms with van der Waals surface area (Å²) in [4.78, 5) is 14.8. The van der Waals surface area contributed by atoms with Crippen molar-refractivity contribution in [2.45, 2.75) is 38.5 Å². The van der Waals surface area contributed by atoms with Gasteiger partial charge < -0.3 is 4.90 Å². The van der Waals surface area contributed by atoms with Crippen LogP contribution >= 0.6 is 0 Å². The van der Waals surface area contributed by atoms with E-state index in [0.717, 1.165) is 16.7 Å². The minimum atomic E-state index is -3.54. The molecule has 5 nitrogen and oxygen atoms in total. The third-order valence-corrected chi connectivity index (χ3v) is 7.09. The van der Waals surface area contributed by atoms with E-state index in [1.165, 1.54) is 4.31 Å². The number of carbonyl (C=O) groups excluding carboxylic acids is 1. The molecule has 2 aromatic carbocycles. The molecule has 1 heterocycles. The number of aryl methyl sites for hydroxylation is 2. The summed E-state index contributed by atoms with van der Waals surface area (Å²) in [5, 5.41) is 0. The van der Waals surface area contributed by atoms with Crippen LogP contribution in [0.25, 0.3) is 0 Å². The van der Waals surface area contributed by atoms with Crippen LogP contribution in [0.4, 0.5) is 0 Å². The lowest BCUT2D eigenvalue weighted by atomic mass is 10.0. The summed E-state index contributed by atoms with van der Waals surface area (Å²) in [5.74, 6) is 0.321. The molecule has 0 radical (unpaired) electrons. The molecule has 0 spiro atoms. The van der Waals surface area contributed by atoms with Crippen LogP contribution in [-0.2, 0) is 10.0 Å². The highest BCUT2D eigenvalue weighted by Crippen LogP contribution is 2.22. The van der Waals surface area contributed by atoms with Crippen LogP contribution in [0.1, 0.15) is 46.8 Å². The molecule has 28 heavy (non-hydrogen) atoms. The Morgan fingerprint density at radius 3 is 1.93 bits per heavy atom. The zero-order valence-electron chi connectivity index (χ0n) is 17.0. The van der Waals surface area contributed by atoms with E-state index in [2.05, 4.69) is 13.8 Å². The van der Waals surface area contributed by atoms with Crippen LogP contribution in [0.5, 0.6) is 0 Å². The highest BCUT2D eigenvalue weighted by atomic mass is 32.2. The summed E-state index contributed by atoms with van der Waals surface area (Å²) in [6.45, 7) is 9.52. The molecule has 1 amide bonds. The number of rotatable bonds is 4. The largest absolute Gasteiger partial charge is 0.336 e. The number of piperazine rings is 1. The van der Waals surface area contributed by atoms with Gasteiger partial charge in [-0.25, -0.2) is 8.42 Å².